The third kappa shape index (κ3) is 3.38. The van der Waals surface area contributed by atoms with Crippen molar-refractivity contribution in [2.45, 2.75) is 46.5 Å². The van der Waals surface area contributed by atoms with Gasteiger partial charge in [0.1, 0.15) is 11.3 Å². The Kier molecular flexibility index (Phi) is 5.40. The molecule has 0 saturated carbocycles. The summed E-state index contributed by atoms with van der Waals surface area (Å²) in [4.78, 5) is 4.00. The number of furan rings is 1. The fourth-order valence-electron chi connectivity index (χ4n) is 6.23. The summed E-state index contributed by atoms with van der Waals surface area (Å²) in [5.41, 5.74) is 10.2. The van der Waals surface area contributed by atoms with Gasteiger partial charge in [-0.25, -0.2) is 4.57 Å². The highest BCUT2D eigenvalue weighted by Crippen LogP contribution is 2.42. The molecule has 3 aromatic heterocycles. The molecule has 0 N–H and O–H groups in total. The zero-order valence-electron chi connectivity index (χ0n) is 23.5. The monoisotopic (exact) mass is 532 g/mol. The molecule has 0 radical (unpaired) electrons. The lowest BCUT2D eigenvalue weighted by Crippen LogP contribution is -2.30. The molecule has 4 aromatic carbocycles. The smallest absolute Gasteiger partial charge is 0.382 e. The number of fused-ring (bicyclic) bond motifs is 6. The fraction of sp³-hybridized carbons (Fsp3) is 0.235. The zero-order chi connectivity index (χ0) is 27.9. The summed E-state index contributed by atoms with van der Waals surface area (Å²) >= 11 is 0. The van der Waals surface area contributed by atoms with Crippen LogP contribution in [0.2, 0.25) is 0 Å². The Balaban J connectivity index is 1.68. The van der Waals surface area contributed by atoms with Crippen molar-refractivity contribution in [1.82, 2.24) is 9.55 Å². The normalized spacial score (nSPS) is 12.3. The minimum Gasteiger partial charge on any atom is -0.453 e. The van der Waals surface area contributed by atoms with Crippen molar-refractivity contribution >= 4 is 44.1 Å². The van der Waals surface area contributed by atoms with Gasteiger partial charge in [0.25, 0.3) is 5.82 Å². The molecule has 0 amide bonds. The van der Waals surface area contributed by atoms with E-state index in [9.17, 15) is 4.39 Å². The number of benzene rings is 4. The van der Waals surface area contributed by atoms with Crippen molar-refractivity contribution in [3.05, 3.63) is 89.6 Å². The second-order valence-corrected chi connectivity index (χ2v) is 11.3. The number of imidazole rings is 1. The van der Waals surface area contributed by atoms with Gasteiger partial charge in [-0.05, 0) is 48.6 Å². The Morgan fingerprint density at radius 3 is 2.20 bits per heavy atom. The number of halogens is 1. The summed E-state index contributed by atoms with van der Waals surface area (Å²) in [6, 6.07) is 23.1. The number of nitrogens with zero attached hydrogens (tertiary/aromatic N) is 3. The summed E-state index contributed by atoms with van der Waals surface area (Å²) in [6.45, 7) is 11.1. The van der Waals surface area contributed by atoms with Gasteiger partial charge in [-0.15, -0.1) is 4.39 Å². The van der Waals surface area contributed by atoms with Gasteiger partial charge in [0.05, 0.1) is 7.05 Å². The first-order valence-electron chi connectivity index (χ1n) is 13.8. The van der Waals surface area contributed by atoms with Crippen molar-refractivity contribution in [3.8, 4) is 17.1 Å². The van der Waals surface area contributed by atoms with Gasteiger partial charge >= 0.3 is 6.14 Å². The van der Waals surface area contributed by atoms with E-state index >= 15 is 0 Å². The minimum atomic E-state index is -0.864. The minimum absolute atomic E-state index is 0.325. The number of rotatable bonds is 4. The van der Waals surface area contributed by atoms with E-state index in [2.05, 4.69) is 110 Å². The molecule has 0 aliphatic carbocycles. The molecule has 3 heterocycles. The Hall–Kier alpha value is -4.45. The molecule has 200 valence electrons. The summed E-state index contributed by atoms with van der Waals surface area (Å²) in [7, 11) is 2.12. The highest BCUT2D eigenvalue weighted by Gasteiger charge is 2.33. The molecule has 7 rings (SSSR count). The van der Waals surface area contributed by atoms with Crippen molar-refractivity contribution in [2.24, 2.45) is 7.05 Å². The summed E-state index contributed by atoms with van der Waals surface area (Å²) in [5.74, 6) is 1.68. The number of aromatic nitrogens is 3. The van der Waals surface area contributed by atoms with Crippen molar-refractivity contribution in [2.75, 3.05) is 0 Å². The lowest BCUT2D eigenvalue weighted by molar-refractivity contribution is -0.633. The van der Waals surface area contributed by atoms with Crippen LogP contribution in [0.1, 0.15) is 56.2 Å². The van der Waals surface area contributed by atoms with E-state index in [0.717, 1.165) is 44.3 Å². The molecule has 0 fully saturated rings. The van der Waals surface area contributed by atoms with E-state index in [1.165, 1.54) is 16.8 Å². The van der Waals surface area contributed by atoms with E-state index < -0.39 is 6.14 Å². The quantitative estimate of drug-likeness (QED) is 0.213. The van der Waals surface area contributed by atoms with Crippen molar-refractivity contribution in [1.29, 1.82) is 0 Å². The summed E-state index contributed by atoms with van der Waals surface area (Å²) in [6.07, 6.45) is -0.864. The first-order chi connectivity index (χ1) is 19.3. The SMILES string of the molecule is Cc1ccc2c(oc3c2ccc2oc(F)nc23)c1-c1n(-c2c(C(C)C)cccc2C(C)C)c2ccccc2[n+]1C. The standard InChI is InChI=1S/C34H31FN3O2/c1-18(2)21-10-9-11-22(19(3)4)30(21)38-26-13-8-7-12-25(26)37(6)33(38)28-20(5)14-15-23-24-16-17-27-29(36-34(35)39-27)32(24)40-31(23)28/h7-19H,1-6H3/q+1. The van der Waals surface area contributed by atoms with Gasteiger partial charge < -0.3 is 8.83 Å². The van der Waals surface area contributed by atoms with Crippen LogP contribution in [0, 0.1) is 13.1 Å². The number of oxazole rings is 1. The molecular formula is C34H31FN3O2+. The summed E-state index contributed by atoms with van der Waals surface area (Å²) < 4.78 is 30.5. The topological polar surface area (TPSA) is 48.0 Å². The number of aryl methyl sites for hydroxylation is 2. The van der Waals surface area contributed by atoms with Gasteiger partial charge in [0.2, 0.25) is 0 Å². The molecule has 0 saturated heterocycles. The van der Waals surface area contributed by atoms with Crippen molar-refractivity contribution < 1.29 is 17.8 Å². The third-order valence-corrected chi connectivity index (χ3v) is 8.15. The molecule has 40 heavy (non-hydrogen) atoms. The molecule has 0 unspecified atom stereocenters. The first-order valence-corrected chi connectivity index (χ1v) is 13.8. The molecule has 0 bridgehead atoms. The van der Waals surface area contributed by atoms with Gasteiger partial charge in [0, 0.05) is 21.9 Å². The van der Waals surface area contributed by atoms with E-state index in [1.807, 2.05) is 6.07 Å². The third-order valence-electron chi connectivity index (χ3n) is 8.15. The van der Waals surface area contributed by atoms with Crippen LogP contribution in [0.15, 0.2) is 75.6 Å². The van der Waals surface area contributed by atoms with Crippen LogP contribution in [-0.4, -0.2) is 9.55 Å². The van der Waals surface area contributed by atoms with Crippen molar-refractivity contribution in [3.63, 3.8) is 0 Å². The van der Waals surface area contributed by atoms with Crippen LogP contribution < -0.4 is 4.57 Å². The molecule has 0 atom stereocenters. The molecule has 0 spiro atoms. The van der Waals surface area contributed by atoms with Crippen LogP contribution in [0.5, 0.6) is 0 Å². The Morgan fingerprint density at radius 2 is 1.48 bits per heavy atom. The van der Waals surface area contributed by atoms with E-state index in [4.69, 9.17) is 8.83 Å². The van der Waals surface area contributed by atoms with Crippen LogP contribution >= 0.6 is 0 Å². The molecule has 7 aromatic rings. The molecule has 5 nitrogen and oxygen atoms in total. The maximum Gasteiger partial charge on any atom is 0.382 e. The molecular weight excluding hydrogens is 501 g/mol. The van der Waals surface area contributed by atoms with Gasteiger partial charge in [0.15, 0.2) is 33.3 Å². The predicted molar refractivity (Wildman–Crippen MR) is 158 cm³/mol. The Bertz CT molecular complexity index is 2080. The van der Waals surface area contributed by atoms with E-state index in [-0.39, 0.29) is 0 Å². The molecule has 0 aliphatic heterocycles. The van der Waals surface area contributed by atoms with Gasteiger partial charge in [-0.3, -0.25) is 0 Å². The zero-order valence-corrected chi connectivity index (χ0v) is 23.5. The molecule has 0 aliphatic rings. The first kappa shape index (κ1) is 24.6. The highest BCUT2D eigenvalue weighted by atomic mass is 19.1. The maximum absolute atomic E-state index is 14.0. The molecule has 6 heteroatoms. The van der Waals surface area contributed by atoms with Gasteiger partial charge in [-0.1, -0.05) is 70.2 Å². The lowest BCUT2D eigenvalue weighted by atomic mass is 9.92. The van der Waals surface area contributed by atoms with Crippen LogP contribution in [0.4, 0.5) is 4.39 Å². The number of hydrogen-bond acceptors (Lipinski definition) is 3. The largest absolute Gasteiger partial charge is 0.453 e. The fourth-order valence-corrected chi connectivity index (χ4v) is 6.23. The lowest BCUT2D eigenvalue weighted by Gasteiger charge is -2.18. The number of hydrogen-bond donors (Lipinski definition) is 0. The van der Waals surface area contributed by atoms with E-state index in [1.54, 1.807) is 6.07 Å². The second kappa shape index (κ2) is 8.78. The predicted octanol–water partition coefficient (Wildman–Crippen LogP) is 8.86. The average molecular weight is 533 g/mol. The maximum atomic E-state index is 14.0. The number of para-hydroxylation sites is 3. The van der Waals surface area contributed by atoms with Crippen LogP contribution in [-0.2, 0) is 7.05 Å². The van der Waals surface area contributed by atoms with E-state index in [0.29, 0.717) is 28.5 Å². The Morgan fingerprint density at radius 1 is 0.800 bits per heavy atom. The Labute approximate surface area is 231 Å². The highest BCUT2D eigenvalue weighted by molar-refractivity contribution is 6.15. The summed E-state index contributed by atoms with van der Waals surface area (Å²) in [5, 5.41) is 1.84. The van der Waals surface area contributed by atoms with Gasteiger partial charge in [-0.2, -0.15) is 9.55 Å². The average Bonchev–Trinajstić information content (AvgIpc) is 3.59. The van der Waals surface area contributed by atoms with Crippen LogP contribution in [0.25, 0.3) is 61.1 Å². The van der Waals surface area contributed by atoms with Crippen LogP contribution in [0.3, 0.4) is 0 Å². The second-order valence-electron chi connectivity index (χ2n) is 11.3.